The number of nitrogens with zero attached hydrogens (tertiary/aromatic N) is 2. The first-order chi connectivity index (χ1) is 17.2. The number of anilines is 1. The first-order valence-corrected chi connectivity index (χ1v) is 12.9. The summed E-state index contributed by atoms with van der Waals surface area (Å²) in [6.45, 7) is 3.23. The first-order valence-electron chi connectivity index (χ1n) is 11.5. The fourth-order valence-electron chi connectivity index (χ4n) is 3.76. The van der Waals surface area contributed by atoms with E-state index in [1.165, 1.54) is 31.2 Å². The lowest BCUT2D eigenvalue weighted by Crippen LogP contribution is -2.50. The molecular formula is C27H31N3O5S. The van der Waals surface area contributed by atoms with Crippen LogP contribution in [0.25, 0.3) is 0 Å². The quantitative estimate of drug-likeness (QED) is 0.452. The van der Waals surface area contributed by atoms with E-state index in [0.29, 0.717) is 11.4 Å². The highest BCUT2D eigenvalue weighted by Gasteiger charge is 2.32. The predicted octanol–water partition coefficient (Wildman–Crippen LogP) is 3.36. The van der Waals surface area contributed by atoms with Gasteiger partial charge in [-0.15, -0.1) is 0 Å². The number of methoxy groups -OCH3 is 1. The number of likely N-dealkylation sites (N-methyl/N-ethyl adjacent to an activating group) is 1. The Morgan fingerprint density at radius 2 is 1.56 bits per heavy atom. The third-order valence-electron chi connectivity index (χ3n) is 5.99. The second-order valence-electron chi connectivity index (χ2n) is 8.26. The summed E-state index contributed by atoms with van der Waals surface area (Å²) >= 11 is 0. The van der Waals surface area contributed by atoms with Crippen LogP contribution in [0.5, 0.6) is 5.75 Å². The van der Waals surface area contributed by atoms with Gasteiger partial charge in [0.1, 0.15) is 18.3 Å². The number of sulfonamides is 1. The average Bonchev–Trinajstić information content (AvgIpc) is 2.90. The molecule has 0 spiro atoms. The van der Waals surface area contributed by atoms with E-state index in [0.717, 1.165) is 15.4 Å². The summed E-state index contributed by atoms with van der Waals surface area (Å²) in [6.07, 6.45) is 0. The summed E-state index contributed by atoms with van der Waals surface area (Å²) in [5.41, 5.74) is 2.17. The van der Waals surface area contributed by atoms with Crippen molar-refractivity contribution >= 4 is 27.5 Å². The summed E-state index contributed by atoms with van der Waals surface area (Å²) in [7, 11) is -1.12. The summed E-state index contributed by atoms with van der Waals surface area (Å²) < 4.78 is 33.6. The van der Waals surface area contributed by atoms with E-state index < -0.39 is 28.5 Å². The number of hydrogen-bond donors (Lipinski definition) is 1. The maximum absolute atomic E-state index is 13.7. The highest BCUT2D eigenvalue weighted by molar-refractivity contribution is 7.92. The van der Waals surface area contributed by atoms with Crippen LogP contribution in [-0.2, 0) is 26.2 Å². The molecule has 0 aliphatic carbocycles. The first kappa shape index (κ1) is 26.7. The SMILES string of the molecule is CNC(=O)[C@H](C)N(Cc1ccccc1C)C(=O)CN(c1ccccc1)S(=O)(=O)c1ccc(OC)cc1. The summed E-state index contributed by atoms with van der Waals surface area (Å²) in [4.78, 5) is 27.6. The van der Waals surface area contributed by atoms with E-state index in [4.69, 9.17) is 4.74 Å². The summed E-state index contributed by atoms with van der Waals surface area (Å²) in [5.74, 6) is -0.336. The molecule has 0 saturated heterocycles. The Morgan fingerprint density at radius 1 is 0.944 bits per heavy atom. The van der Waals surface area contributed by atoms with E-state index in [2.05, 4.69) is 5.32 Å². The van der Waals surface area contributed by atoms with Crippen LogP contribution in [-0.4, -0.2) is 51.9 Å². The molecule has 9 heteroatoms. The molecule has 8 nitrogen and oxygen atoms in total. The van der Waals surface area contributed by atoms with Crippen molar-refractivity contribution in [2.75, 3.05) is 25.0 Å². The molecule has 3 aromatic carbocycles. The minimum atomic E-state index is -4.11. The van der Waals surface area contributed by atoms with E-state index in [1.807, 2.05) is 31.2 Å². The van der Waals surface area contributed by atoms with Crippen LogP contribution in [0.3, 0.4) is 0 Å². The molecule has 0 saturated carbocycles. The number of carbonyl (C=O) groups is 2. The Morgan fingerprint density at radius 3 is 2.14 bits per heavy atom. The normalized spacial score (nSPS) is 11.9. The van der Waals surface area contributed by atoms with Crippen molar-refractivity contribution in [2.24, 2.45) is 0 Å². The van der Waals surface area contributed by atoms with Gasteiger partial charge in [-0.1, -0.05) is 42.5 Å². The van der Waals surface area contributed by atoms with Crippen LogP contribution in [0.15, 0.2) is 83.8 Å². The molecule has 2 amide bonds. The van der Waals surface area contributed by atoms with Gasteiger partial charge in [-0.2, -0.15) is 0 Å². The largest absolute Gasteiger partial charge is 0.497 e. The average molecular weight is 510 g/mol. The lowest BCUT2D eigenvalue weighted by atomic mass is 10.1. The number of ether oxygens (including phenoxy) is 1. The highest BCUT2D eigenvalue weighted by atomic mass is 32.2. The molecule has 0 aliphatic rings. The van der Waals surface area contributed by atoms with Gasteiger partial charge in [0.15, 0.2) is 0 Å². The van der Waals surface area contributed by atoms with E-state index >= 15 is 0 Å². The fraction of sp³-hybridized carbons (Fsp3) is 0.259. The Kier molecular flexibility index (Phi) is 8.71. The second kappa shape index (κ2) is 11.7. The molecular weight excluding hydrogens is 478 g/mol. The molecule has 0 radical (unpaired) electrons. The molecule has 0 fully saturated rings. The Hall–Kier alpha value is -3.85. The van der Waals surface area contributed by atoms with Gasteiger partial charge in [-0.05, 0) is 61.4 Å². The van der Waals surface area contributed by atoms with Crippen molar-refractivity contribution in [3.8, 4) is 5.75 Å². The monoisotopic (exact) mass is 509 g/mol. The number of amides is 2. The van der Waals surface area contributed by atoms with Crippen molar-refractivity contribution < 1.29 is 22.7 Å². The molecule has 3 aromatic rings. The number of benzene rings is 3. The van der Waals surface area contributed by atoms with Crippen LogP contribution in [0.2, 0.25) is 0 Å². The zero-order valence-electron chi connectivity index (χ0n) is 20.8. The van der Waals surface area contributed by atoms with Crippen molar-refractivity contribution in [1.82, 2.24) is 10.2 Å². The third kappa shape index (κ3) is 6.04. The van der Waals surface area contributed by atoms with E-state index in [-0.39, 0.29) is 17.3 Å². The van der Waals surface area contributed by atoms with Gasteiger partial charge in [0.2, 0.25) is 11.8 Å². The van der Waals surface area contributed by atoms with Gasteiger partial charge in [0, 0.05) is 13.6 Å². The molecule has 0 heterocycles. The van der Waals surface area contributed by atoms with Crippen molar-refractivity contribution in [1.29, 1.82) is 0 Å². The van der Waals surface area contributed by atoms with Crippen LogP contribution >= 0.6 is 0 Å². The Bertz CT molecular complexity index is 1290. The Balaban J connectivity index is 2.01. The summed E-state index contributed by atoms with van der Waals surface area (Å²) in [5, 5.41) is 2.58. The zero-order valence-corrected chi connectivity index (χ0v) is 21.7. The van der Waals surface area contributed by atoms with Crippen molar-refractivity contribution in [3.05, 3.63) is 90.0 Å². The topological polar surface area (TPSA) is 96.0 Å². The minimum absolute atomic E-state index is 0.0183. The fourth-order valence-corrected chi connectivity index (χ4v) is 5.17. The molecule has 0 aromatic heterocycles. The maximum atomic E-state index is 13.7. The maximum Gasteiger partial charge on any atom is 0.264 e. The molecule has 3 rings (SSSR count). The standard InChI is InChI=1S/C27H31N3O5S/c1-20-10-8-9-11-22(20)18-29(21(2)27(32)28-3)26(31)19-30(23-12-6-5-7-13-23)36(33,34)25-16-14-24(35-4)15-17-25/h5-17,21H,18-19H2,1-4H3,(H,28,32)/t21-/m0/s1. The number of carbonyl (C=O) groups excluding carboxylic acids is 2. The van der Waals surface area contributed by atoms with Gasteiger partial charge < -0.3 is 15.0 Å². The van der Waals surface area contributed by atoms with E-state index in [1.54, 1.807) is 49.4 Å². The zero-order chi connectivity index (χ0) is 26.3. The molecule has 0 aliphatic heterocycles. The molecule has 1 N–H and O–H groups in total. The lowest BCUT2D eigenvalue weighted by molar-refractivity contribution is -0.139. The molecule has 0 bridgehead atoms. The second-order valence-corrected chi connectivity index (χ2v) is 10.1. The molecule has 1 atom stereocenters. The number of rotatable bonds is 10. The number of nitrogens with one attached hydrogen (secondary N) is 1. The number of para-hydroxylation sites is 1. The van der Waals surface area contributed by atoms with Gasteiger partial charge in [0.05, 0.1) is 17.7 Å². The van der Waals surface area contributed by atoms with Crippen molar-refractivity contribution in [3.63, 3.8) is 0 Å². The van der Waals surface area contributed by atoms with Crippen LogP contribution in [0.4, 0.5) is 5.69 Å². The van der Waals surface area contributed by atoms with Gasteiger partial charge in [0.25, 0.3) is 10.0 Å². The number of aryl methyl sites for hydroxylation is 1. The van der Waals surface area contributed by atoms with Crippen LogP contribution in [0.1, 0.15) is 18.1 Å². The highest BCUT2D eigenvalue weighted by Crippen LogP contribution is 2.26. The summed E-state index contributed by atoms with van der Waals surface area (Å²) in [6, 6.07) is 21.2. The van der Waals surface area contributed by atoms with Crippen LogP contribution in [0, 0.1) is 6.92 Å². The van der Waals surface area contributed by atoms with E-state index in [9.17, 15) is 18.0 Å². The van der Waals surface area contributed by atoms with Gasteiger partial charge in [-0.3, -0.25) is 13.9 Å². The Labute approximate surface area is 212 Å². The van der Waals surface area contributed by atoms with Crippen molar-refractivity contribution in [2.45, 2.75) is 31.3 Å². The molecule has 190 valence electrons. The number of hydrogen-bond acceptors (Lipinski definition) is 5. The third-order valence-corrected chi connectivity index (χ3v) is 7.77. The van der Waals surface area contributed by atoms with Gasteiger partial charge in [-0.25, -0.2) is 8.42 Å². The molecule has 36 heavy (non-hydrogen) atoms. The smallest absolute Gasteiger partial charge is 0.264 e. The minimum Gasteiger partial charge on any atom is -0.497 e. The lowest BCUT2D eigenvalue weighted by Gasteiger charge is -2.32. The van der Waals surface area contributed by atoms with Gasteiger partial charge >= 0.3 is 0 Å². The van der Waals surface area contributed by atoms with Crippen LogP contribution < -0.4 is 14.4 Å². The molecule has 0 unspecified atom stereocenters. The predicted molar refractivity (Wildman–Crippen MR) is 139 cm³/mol.